The van der Waals surface area contributed by atoms with Crippen LogP contribution >= 0.6 is 0 Å². The van der Waals surface area contributed by atoms with Gasteiger partial charge in [-0.1, -0.05) is 36.4 Å². The van der Waals surface area contributed by atoms with Gasteiger partial charge in [-0.25, -0.2) is 4.98 Å². The first kappa shape index (κ1) is 16.1. The van der Waals surface area contributed by atoms with Crippen molar-refractivity contribution in [3.05, 3.63) is 59.9 Å². The summed E-state index contributed by atoms with van der Waals surface area (Å²) in [5.74, 6) is 1.10. The van der Waals surface area contributed by atoms with Crippen LogP contribution in [0, 0.1) is 0 Å². The first-order chi connectivity index (χ1) is 11.7. The molecule has 0 aliphatic heterocycles. The summed E-state index contributed by atoms with van der Waals surface area (Å²) in [6, 6.07) is 15.8. The number of rotatable bonds is 6. The number of carbonyl (C=O) groups is 1. The van der Waals surface area contributed by atoms with Crippen LogP contribution in [0.5, 0.6) is 5.75 Å². The van der Waals surface area contributed by atoms with Crippen molar-refractivity contribution >= 4 is 17.0 Å². The average Bonchev–Trinajstić information content (AvgIpc) is 2.91. The summed E-state index contributed by atoms with van der Waals surface area (Å²) in [7, 11) is 1.89. The van der Waals surface area contributed by atoms with Gasteiger partial charge in [0.1, 0.15) is 30.1 Å². The summed E-state index contributed by atoms with van der Waals surface area (Å²) < 4.78 is 12.8. The Balaban J connectivity index is 1.85. The number of esters is 1. The maximum Gasteiger partial charge on any atom is 0.313 e. The van der Waals surface area contributed by atoms with Crippen LogP contribution in [0.1, 0.15) is 18.3 Å². The highest BCUT2D eigenvalue weighted by molar-refractivity contribution is 5.83. The summed E-state index contributed by atoms with van der Waals surface area (Å²) >= 11 is 0. The maximum atomic E-state index is 11.7. The molecule has 0 fully saturated rings. The Morgan fingerprint density at radius 3 is 2.67 bits per heavy atom. The Bertz CT molecular complexity index is 840. The molecule has 2 aromatic carbocycles. The fourth-order valence-corrected chi connectivity index (χ4v) is 2.59. The molecule has 5 nitrogen and oxygen atoms in total. The van der Waals surface area contributed by atoms with Crippen molar-refractivity contribution < 1.29 is 14.3 Å². The number of imidazole rings is 1. The van der Waals surface area contributed by atoms with Crippen LogP contribution in [0.15, 0.2) is 48.5 Å². The topological polar surface area (TPSA) is 53.4 Å². The Hall–Kier alpha value is -2.82. The number of aryl methyl sites for hydroxylation is 1. The molecule has 0 bridgehead atoms. The van der Waals surface area contributed by atoms with Gasteiger partial charge in [-0.15, -0.1) is 0 Å². The normalized spacial score (nSPS) is 10.8. The Morgan fingerprint density at radius 2 is 1.92 bits per heavy atom. The van der Waals surface area contributed by atoms with E-state index < -0.39 is 0 Å². The number of fused-ring (bicyclic) bond motifs is 1. The van der Waals surface area contributed by atoms with Crippen molar-refractivity contribution in [2.24, 2.45) is 7.05 Å². The number of hydrogen-bond donors (Lipinski definition) is 0. The quantitative estimate of drug-likeness (QED) is 0.653. The molecule has 0 unspecified atom stereocenters. The molecule has 0 saturated heterocycles. The number of hydrogen-bond acceptors (Lipinski definition) is 4. The zero-order chi connectivity index (χ0) is 16.9. The van der Waals surface area contributed by atoms with Crippen LogP contribution in [-0.4, -0.2) is 22.1 Å². The third kappa shape index (κ3) is 3.40. The lowest BCUT2D eigenvalue weighted by molar-refractivity contribution is -0.142. The second-order valence-electron chi connectivity index (χ2n) is 5.47. The molecule has 0 atom stereocenters. The first-order valence-electron chi connectivity index (χ1n) is 7.95. The Morgan fingerprint density at radius 1 is 1.12 bits per heavy atom. The molecule has 5 heteroatoms. The van der Waals surface area contributed by atoms with Crippen LogP contribution in [-0.2, 0) is 29.6 Å². The predicted octanol–water partition coefficient (Wildman–Crippen LogP) is 3.26. The van der Waals surface area contributed by atoms with Gasteiger partial charge in [0, 0.05) is 7.05 Å². The fraction of sp³-hybridized carbons (Fsp3) is 0.263. The highest BCUT2D eigenvalue weighted by Crippen LogP contribution is 2.26. The summed E-state index contributed by atoms with van der Waals surface area (Å²) in [6.45, 7) is 2.64. The summed E-state index contributed by atoms with van der Waals surface area (Å²) in [6.07, 6.45) is 0.150. The molecular weight excluding hydrogens is 304 g/mol. The van der Waals surface area contributed by atoms with E-state index in [2.05, 4.69) is 4.98 Å². The molecule has 0 aliphatic rings. The van der Waals surface area contributed by atoms with E-state index in [0.29, 0.717) is 24.8 Å². The van der Waals surface area contributed by atoms with Gasteiger partial charge >= 0.3 is 5.97 Å². The predicted molar refractivity (Wildman–Crippen MR) is 91.8 cm³/mol. The van der Waals surface area contributed by atoms with Gasteiger partial charge in [-0.05, 0) is 24.6 Å². The number of carbonyl (C=O) groups excluding carboxylic acids is 1. The minimum atomic E-state index is -0.275. The molecule has 3 aromatic rings. The van der Waals surface area contributed by atoms with Gasteiger partial charge < -0.3 is 14.0 Å². The van der Waals surface area contributed by atoms with E-state index in [1.165, 1.54) is 0 Å². The maximum absolute atomic E-state index is 11.7. The van der Waals surface area contributed by atoms with Crippen molar-refractivity contribution in [3.63, 3.8) is 0 Å². The SMILES string of the molecule is CCOC(=O)Cc1nc2c(OCc3ccccc3)cccc2n1C. The largest absolute Gasteiger partial charge is 0.487 e. The van der Waals surface area contributed by atoms with Gasteiger partial charge in [-0.2, -0.15) is 0 Å². The van der Waals surface area contributed by atoms with E-state index in [0.717, 1.165) is 16.6 Å². The molecule has 3 rings (SSSR count). The number of benzene rings is 2. The highest BCUT2D eigenvalue weighted by Gasteiger charge is 2.15. The van der Waals surface area contributed by atoms with Crippen molar-refractivity contribution in [2.45, 2.75) is 20.0 Å². The second kappa shape index (κ2) is 7.17. The van der Waals surface area contributed by atoms with Gasteiger partial charge in [0.05, 0.1) is 12.1 Å². The van der Waals surface area contributed by atoms with E-state index >= 15 is 0 Å². The van der Waals surface area contributed by atoms with E-state index in [1.54, 1.807) is 6.92 Å². The van der Waals surface area contributed by atoms with Crippen molar-refractivity contribution in [1.82, 2.24) is 9.55 Å². The lowest BCUT2D eigenvalue weighted by atomic mass is 10.2. The van der Waals surface area contributed by atoms with Gasteiger partial charge in [0.2, 0.25) is 0 Å². The van der Waals surface area contributed by atoms with E-state index in [9.17, 15) is 4.79 Å². The van der Waals surface area contributed by atoms with Crippen molar-refractivity contribution in [2.75, 3.05) is 6.61 Å². The first-order valence-corrected chi connectivity index (χ1v) is 7.95. The third-order valence-electron chi connectivity index (χ3n) is 3.81. The Labute approximate surface area is 140 Å². The minimum absolute atomic E-state index is 0.150. The minimum Gasteiger partial charge on any atom is -0.487 e. The van der Waals surface area contributed by atoms with Gasteiger partial charge in [0.15, 0.2) is 0 Å². The lowest BCUT2D eigenvalue weighted by Crippen LogP contribution is -2.11. The molecule has 1 heterocycles. The van der Waals surface area contributed by atoms with Crippen LogP contribution in [0.25, 0.3) is 11.0 Å². The summed E-state index contributed by atoms with van der Waals surface area (Å²) in [5.41, 5.74) is 2.78. The fourth-order valence-electron chi connectivity index (χ4n) is 2.59. The molecule has 0 saturated carbocycles. The molecule has 0 spiro atoms. The summed E-state index contributed by atoms with van der Waals surface area (Å²) in [5, 5.41) is 0. The lowest BCUT2D eigenvalue weighted by Gasteiger charge is -2.07. The molecular formula is C19H20N2O3. The molecule has 0 amide bonds. The highest BCUT2D eigenvalue weighted by atomic mass is 16.5. The molecule has 0 aliphatic carbocycles. The molecule has 0 radical (unpaired) electrons. The molecule has 1 aromatic heterocycles. The van der Waals surface area contributed by atoms with E-state index in [-0.39, 0.29) is 12.4 Å². The van der Waals surface area contributed by atoms with Crippen LogP contribution < -0.4 is 4.74 Å². The second-order valence-corrected chi connectivity index (χ2v) is 5.47. The molecule has 124 valence electrons. The molecule has 24 heavy (non-hydrogen) atoms. The average molecular weight is 324 g/mol. The summed E-state index contributed by atoms with van der Waals surface area (Å²) in [4.78, 5) is 16.3. The van der Waals surface area contributed by atoms with Crippen LogP contribution in [0.2, 0.25) is 0 Å². The zero-order valence-corrected chi connectivity index (χ0v) is 13.9. The number of para-hydroxylation sites is 1. The molecule has 0 N–H and O–H groups in total. The Kier molecular flexibility index (Phi) is 4.79. The van der Waals surface area contributed by atoms with Gasteiger partial charge in [-0.3, -0.25) is 4.79 Å². The smallest absolute Gasteiger partial charge is 0.313 e. The van der Waals surface area contributed by atoms with Crippen LogP contribution in [0.3, 0.4) is 0 Å². The number of aromatic nitrogens is 2. The van der Waals surface area contributed by atoms with Crippen molar-refractivity contribution in [3.8, 4) is 5.75 Å². The van der Waals surface area contributed by atoms with Crippen molar-refractivity contribution in [1.29, 1.82) is 0 Å². The standard InChI is InChI=1S/C19H20N2O3/c1-3-23-18(22)12-17-20-19-15(21(17)2)10-7-11-16(19)24-13-14-8-5-4-6-9-14/h4-11H,3,12-13H2,1-2H3. The van der Waals surface area contributed by atoms with Gasteiger partial charge in [0.25, 0.3) is 0 Å². The van der Waals surface area contributed by atoms with Crippen LogP contribution in [0.4, 0.5) is 0 Å². The third-order valence-corrected chi connectivity index (χ3v) is 3.81. The number of nitrogens with zero attached hydrogens (tertiary/aromatic N) is 2. The van der Waals surface area contributed by atoms with E-state index in [4.69, 9.17) is 9.47 Å². The monoisotopic (exact) mass is 324 g/mol. The zero-order valence-electron chi connectivity index (χ0n) is 13.9. The number of ether oxygens (including phenoxy) is 2. The van der Waals surface area contributed by atoms with E-state index in [1.807, 2.05) is 60.1 Å².